The Bertz CT molecular complexity index is 750. The standard InChI is InChI=1S/C19H19Cl2NO3/c1-12(14-7-4-3-5-8-14)11-17(23)25-13(2)19(24)22-16-10-6-9-15(20)18(16)21/h3-10,12-13H,11H2,1-2H3,(H,22,24). The average molecular weight is 380 g/mol. The molecule has 2 atom stereocenters. The Labute approximate surface area is 157 Å². The van der Waals surface area contributed by atoms with Gasteiger partial charge in [0.2, 0.25) is 0 Å². The van der Waals surface area contributed by atoms with E-state index in [1.807, 2.05) is 37.3 Å². The third-order valence-corrected chi connectivity index (χ3v) is 4.55. The highest BCUT2D eigenvalue weighted by Gasteiger charge is 2.21. The van der Waals surface area contributed by atoms with E-state index in [0.29, 0.717) is 10.7 Å². The molecule has 0 aliphatic rings. The van der Waals surface area contributed by atoms with Crippen molar-refractivity contribution in [3.8, 4) is 0 Å². The fraction of sp³-hybridized carbons (Fsp3) is 0.263. The largest absolute Gasteiger partial charge is 0.453 e. The van der Waals surface area contributed by atoms with Crippen molar-refractivity contribution in [2.45, 2.75) is 32.3 Å². The van der Waals surface area contributed by atoms with Crippen molar-refractivity contribution in [1.29, 1.82) is 0 Å². The van der Waals surface area contributed by atoms with Gasteiger partial charge >= 0.3 is 5.97 Å². The summed E-state index contributed by atoms with van der Waals surface area (Å²) in [5.41, 5.74) is 1.42. The zero-order valence-corrected chi connectivity index (χ0v) is 15.5. The van der Waals surface area contributed by atoms with Gasteiger partial charge in [-0.25, -0.2) is 0 Å². The van der Waals surface area contributed by atoms with E-state index in [9.17, 15) is 9.59 Å². The summed E-state index contributed by atoms with van der Waals surface area (Å²) in [5, 5.41) is 3.19. The number of carbonyl (C=O) groups excluding carboxylic acids is 2. The lowest BCUT2D eigenvalue weighted by Crippen LogP contribution is -2.30. The van der Waals surface area contributed by atoms with Crippen LogP contribution in [0.15, 0.2) is 48.5 Å². The minimum atomic E-state index is -0.939. The van der Waals surface area contributed by atoms with Crippen LogP contribution >= 0.6 is 23.2 Å². The van der Waals surface area contributed by atoms with Gasteiger partial charge in [0, 0.05) is 0 Å². The van der Waals surface area contributed by atoms with E-state index in [1.54, 1.807) is 18.2 Å². The van der Waals surface area contributed by atoms with Crippen molar-refractivity contribution >= 4 is 40.8 Å². The SMILES string of the molecule is CC(OC(=O)CC(C)c1ccccc1)C(=O)Nc1cccc(Cl)c1Cl. The zero-order valence-electron chi connectivity index (χ0n) is 14.0. The molecule has 0 saturated heterocycles. The van der Waals surface area contributed by atoms with Crippen LogP contribution in [0.4, 0.5) is 5.69 Å². The first kappa shape index (κ1) is 19.3. The van der Waals surface area contributed by atoms with Crippen molar-refractivity contribution in [3.63, 3.8) is 0 Å². The van der Waals surface area contributed by atoms with E-state index in [2.05, 4.69) is 5.32 Å². The first-order valence-electron chi connectivity index (χ1n) is 7.87. The van der Waals surface area contributed by atoms with Crippen LogP contribution in [0.1, 0.15) is 31.7 Å². The predicted molar refractivity (Wildman–Crippen MR) is 100 cm³/mol. The lowest BCUT2D eigenvalue weighted by molar-refractivity contribution is -0.153. The second-order valence-electron chi connectivity index (χ2n) is 5.74. The molecule has 0 aliphatic heterocycles. The summed E-state index contributed by atoms with van der Waals surface area (Å²) in [7, 11) is 0. The summed E-state index contributed by atoms with van der Waals surface area (Å²) in [4.78, 5) is 24.2. The van der Waals surface area contributed by atoms with Gasteiger partial charge in [0.25, 0.3) is 5.91 Å². The van der Waals surface area contributed by atoms with Gasteiger partial charge in [0.15, 0.2) is 6.10 Å². The molecule has 1 N–H and O–H groups in total. The summed E-state index contributed by atoms with van der Waals surface area (Å²) in [6, 6.07) is 14.6. The van der Waals surface area contributed by atoms with E-state index in [1.165, 1.54) is 6.92 Å². The van der Waals surface area contributed by atoms with Crippen LogP contribution in [0, 0.1) is 0 Å². The predicted octanol–water partition coefficient (Wildman–Crippen LogP) is 5.06. The molecule has 2 unspecified atom stereocenters. The second-order valence-corrected chi connectivity index (χ2v) is 6.52. The number of esters is 1. The number of halogens is 2. The van der Waals surface area contributed by atoms with Gasteiger partial charge in [-0.1, -0.05) is 66.5 Å². The van der Waals surface area contributed by atoms with Gasteiger partial charge in [-0.3, -0.25) is 9.59 Å². The molecule has 0 aromatic heterocycles. The van der Waals surface area contributed by atoms with Gasteiger partial charge in [-0.2, -0.15) is 0 Å². The Kier molecular flexibility index (Phi) is 6.85. The Balaban J connectivity index is 1.90. The van der Waals surface area contributed by atoms with Gasteiger partial charge in [-0.15, -0.1) is 0 Å². The summed E-state index contributed by atoms with van der Waals surface area (Å²) in [6.45, 7) is 3.45. The molecule has 0 saturated carbocycles. The number of nitrogens with one attached hydrogen (secondary N) is 1. The van der Waals surface area contributed by atoms with Gasteiger partial charge in [0.05, 0.1) is 22.2 Å². The van der Waals surface area contributed by atoms with Crippen LogP contribution in [-0.4, -0.2) is 18.0 Å². The van der Waals surface area contributed by atoms with E-state index in [-0.39, 0.29) is 17.4 Å². The van der Waals surface area contributed by atoms with Crippen molar-refractivity contribution in [3.05, 3.63) is 64.1 Å². The minimum Gasteiger partial charge on any atom is -0.453 e. The fourth-order valence-electron chi connectivity index (χ4n) is 2.28. The number of amides is 1. The van der Waals surface area contributed by atoms with Crippen molar-refractivity contribution in [1.82, 2.24) is 0 Å². The second kappa shape index (κ2) is 8.88. The summed E-state index contributed by atoms with van der Waals surface area (Å²) < 4.78 is 5.22. The molecule has 2 aromatic rings. The highest BCUT2D eigenvalue weighted by molar-refractivity contribution is 6.44. The number of ether oxygens (including phenoxy) is 1. The van der Waals surface area contributed by atoms with Crippen LogP contribution in [0.3, 0.4) is 0 Å². The lowest BCUT2D eigenvalue weighted by atomic mass is 9.98. The van der Waals surface area contributed by atoms with E-state index in [0.717, 1.165) is 5.56 Å². The number of hydrogen-bond acceptors (Lipinski definition) is 3. The summed E-state index contributed by atoms with van der Waals surface area (Å²) in [6.07, 6.45) is -0.745. The van der Waals surface area contributed by atoms with Crippen LogP contribution in [0.5, 0.6) is 0 Å². The van der Waals surface area contributed by atoms with Crippen molar-refractivity contribution < 1.29 is 14.3 Å². The first-order chi connectivity index (χ1) is 11.9. The maximum atomic E-state index is 12.2. The molecule has 0 fully saturated rings. The topological polar surface area (TPSA) is 55.4 Å². The maximum Gasteiger partial charge on any atom is 0.307 e. The number of rotatable bonds is 6. The molecule has 0 radical (unpaired) electrons. The normalized spacial score (nSPS) is 13.0. The minimum absolute atomic E-state index is 0.00587. The highest BCUT2D eigenvalue weighted by Crippen LogP contribution is 2.29. The first-order valence-corrected chi connectivity index (χ1v) is 8.63. The van der Waals surface area contributed by atoms with Crippen LogP contribution in [-0.2, 0) is 14.3 Å². The quantitative estimate of drug-likeness (QED) is 0.713. The Morgan fingerprint density at radius 3 is 2.40 bits per heavy atom. The maximum absolute atomic E-state index is 12.2. The van der Waals surface area contributed by atoms with Gasteiger partial charge in [-0.05, 0) is 30.5 Å². The van der Waals surface area contributed by atoms with E-state index in [4.69, 9.17) is 27.9 Å². The number of carbonyl (C=O) groups is 2. The third kappa shape index (κ3) is 5.48. The molecule has 2 aromatic carbocycles. The zero-order chi connectivity index (χ0) is 18.4. The van der Waals surface area contributed by atoms with E-state index < -0.39 is 18.0 Å². The smallest absolute Gasteiger partial charge is 0.307 e. The number of anilines is 1. The highest BCUT2D eigenvalue weighted by atomic mass is 35.5. The fourth-order valence-corrected chi connectivity index (χ4v) is 2.63. The number of benzene rings is 2. The Morgan fingerprint density at radius 1 is 1.04 bits per heavy atom. The summed E-state index contributed by atoms with van der Waals surface area (Å²) in [5.74, 6) is -0.896. The van der Waals surface area contributed by atoms with E-state index >= 15 is 0 Å². The van der Waals surface area contributed by atoms with Gasteiger partial charge < -0.3 is 10.1 Å². The molecule has 6 heteroatoms. The molecule has 0 aliphatic carbocycles. The van der Waals surface area contributed by atoms with Crippen molar-refractivity contribution in [2.24, 2.45) is 0 Å². The molecule has 2 rings (SSSR count). The molecule has 25 heavy (non-hydrogen) atoms. The van der Waals surface area contributed by atoms with Gasteiger partial charge in [0.1, 0.15) is 0 Å². The molecule has 4 nitrogen and oxygen atoms in total. The molecule has 0 heterocycles. The van der Waals surface area contributed by atoms with Crippen LogP contribution < -0.4 is 5.32 Å². The lowest BCUT2D eigenvalue weighted by Gasteiger charge is -2.16. The number of hydrogen-bond donors (Lipinski definition) is 1. The van der Waals surface area contributed by atoms with Crippen molar-refractivity contribution in [2.75, 3.05) is 5.32 Å². The molecular formula is C19H19Cl2NO3. The molecule has 0 spiro atoms. The third-order valence-electron chi connectivity index (χ3n) is 3.73. The molecular weight excluding hydrogens is 361 g/mol. The molecule has 132 valence electrons. The molecule has 1 amide bonds. The van der Waals surface area contributed by atoms with Crippen LogP contribution in [0.2, 0.25) is 10.0 Å². The average Bonchev–Trinajstić information content (AvgIpc) is 2.59. The van der Waals surface area contributed by atoms with Crippen LogP contribution in [0.25, 0.3) is 0 Å². The Morgan fingerprint density at radius 2 is 1.72 bits per heavy atom. The Hall–Kier alpha value is -2.04. The monoisotopic (exact) mass is 379 g/mol. The summed E-state index contributed by atoms with van der Waals surface area (Å²) >= 11 is 11.9. The molecule has 0 bridgehead atoms.